The molecule has 1 saturated heterocycles. The van der Waals surface area contributed by atoms with Crippen LogP contribution in [0, 0.1) is 0 Å². The van der Waals surface area contributed by atoms with Crippen LogP contribution < -0.4 is 5.73 Å². The SMILES string of the molecule is CC(CN1CCOCC1)N(Cc1ccccc1)C(=O)c1coc(CN)c1.Cl.Cl. The van der Waals surface area contributed by atoms with Gasteiger partial charge >= 0.3 is 0 Å². The molecule has 2 N–H and O–H groups in total. The minimum Gasteiger partial charge on any atom is -0.467 e. The molecule has 0 aliphatic carbocycles. The number of hydrogen-bond donors (Lipinski definition) is 1. The lowest BCUT2D eigenvalue weighted by atomic mass is 10.1. The van der Waals surface area contributed by atoms with Crippen LogP contribution in [-0.2, 0) is 17.8 Å². The summed E-state index contributed by atoms with van der Waals surface area (Å²) in [4.78, 5) is 17.4. The third kappa shape index (κ3) is 6.50. The molecule has 0 spiro atoms. The molecule has 0 saturated carbocycles. The Kier molecular flexibility index (Phi) is 10.6. The van der Waals surface area contributed by atoms with Crippen molar-refractivity contribution in [3.8, 4) is 0 Å². The summed E-state index contributed by atoms with van der Waals surface area (Å²) >= 11 is 0. The van der Waals surface area contributed by atoms with E-state index in [-0.39, 0.29) is 43.3 Å². The van der Waals surface area contributed by atoms with Crippen LogP contribution in [0.1, 0.15) is 28.6 Å². The van der Waals surface area contributed by atoms with Crippen LogP contribution in [0.25, 0.3) is 0 Å². The van der Waals surface area contributed by atoms with E-state index in [1.165, 1.54) is 6.26 Å². The number of rotatable bonds is 7. The van der Waals surface area contributed by atoms with E-state index in [1.807, 2.05) is 35.2 Å². The first-order chi connectivity index (χ1) is 12.7. The minimum absolute atomic E-state index is 0. The average molecular weight is 430 g/mol. The van der Waals surface area contributed by atoms with Crippen LogP contribution >= 0.6 is 24.8 Å². The first kappa shape index (κ1) is 24.5. The van der Waals surface area contributed by atoms with Crippen molar-refractivity contribution in [3.05, 3.63) is 59.5 Å². The molecule has 1 fully saturated rings. The summed E-state index contributed by atoms with van der Waals surface area (Å²) in [5, 5.41) is 0. The number of benzene rings is 1. The molecule has 1 aliphatic heterocycles. The number of nitrogens with two attached hydrogens (primary N) is 1. The Balaban J connectivity index is 0.00000196. The van der Waals surface area contributed by atoms with Gasteiger partial charge in [0.2, 0.25) is 0 Å². The van der Waals surface area contributed by atoms with E-state index < -0.39 is 0 Å². The zero-order chi connectivity index (χ0) is 18.4. The van der Waals surface area contributed by atoms with E-state index in [4.69, 9.17) is 14.9 Å². The molecular formula is C20H29Cl2N3O3. The third-order valence-electron chi connectivity index (χ3n) is 4.72. The lowest BCUT2D eigenvalue weighted by molar-refractivity contribution is 0.0228. The number of halogens is 2. The van der Waals surface area contributed by atoms with E-state index >= 15 is 0 Å². The maximum atomic E-state index is 13.1. The van der Waals surface area contributed by atoms with Gasteiger partial charge in [-0.2, -0.15) is 0 Å². The molecule has 0 radical (unpaired) electrons. The number of furan rings is 1. The Morgan fingerprint density at radius 2 is 1.89 bits per heavy atom. The molecule has 1 atom stereocenters. The van der Waals surface area contributed by atoms with Gasteiger partial charge in [-0.3, -0.25) is 9.69 Å². The van der Waals surface area contributed by atoms with Gasteiger partial charge < -0.3 is 19.8 Å². The van der Waals surface area contributed by atoms with Crippen molar-refractivity contribution < 1.29 is 13.9 Å². The quantitative estimate of drug-likeness (QED) is 0.732. The first-order valence-electron chi connectivity index (χ1n) is 9.10. The Morgan fingerprint density at radius 3 is 2.50 bits per heavy atom. The van der Waals surface area contributed by atoms with Crippen LogP contribution in [0.15, 0.2) is 47.1 Å². The molecule has 6 nitrogen and oxygen atoms in total. The van der Waals surface area contributed by atoms with Crippen molar-refractivity contribution in [1.82, 2.24) is 9.80 Å². The number of carbonyl (C=O) groups is 1. The van der Waals surface area contributed by atoms with Crippen molar-refractivity contribution >= 4 is 30.7 Å². The number of carbonyl (C=O) groups excluding carboxylic acids is 1. The topological polar surface area (TPSA) is 71.9 Å². The van der Waals surface area contributed by atoms with Gasteiger partial charge in [0, 0.05) is 32.2 Å². The Hall–Kier alpha value is -1.57. The molecule has 1 aromatic heterocycles. The molecule has 2 aromatic rings. The molecule has 156 valence electrons. The fourth-order valence-corrected chi connectivity index (χ4v) is 3.23. The van der Waals surface area contributed by atoms with Crippen LogP contribution in [0.4, 0.5) is 0 Å². The highest BCUT2D eigenvalue weighted by Crippen LogP contribution is 2.17. The van der Waals surface area contributed by atoms with Crippen LogP contribution in [0.2, 0.25) is 0 Å². The minimum atomic E-state index is -0.0296. The maximum absolute atomic E-state index is 13.1. The van der Waals surface area contributed by atoms with Gasteiger partial charge in [-0.25, -0.2) is 0 Å². The maximum Gasteiger partial charge on any atom is 0.257 e. The van der Waals surface area contributed by atoms with E-state index in [2.05, 4.69) is 11.8 Å². The fourth-order valence-electron chi connectivity index (χ4n) is 3.23. The number of ether oxygens (including phenoxy) is 1. The van der Waals surface area contributed by atoms with Gasteiger partial charge in [0.05, 0.1) is 25.3 Å². The Labute approximate surface area is 178 Å². The highest BCUT2D eigenvalue weighted by Gasteiger charge is 2.25. The molecule has 28 heavy (non-hydrogen) atoms. The lowest BCUT2D eigenvalue weighted by Crippen LogP contribution is -2.47. The molecule has 0 bridgehead atoms. The average Bonchev–Trinajstić information content (AvgIpc) is 3.16. The summed E-state index contributed by atoms with van der Waals surface area (Å²) in [6, 6.07) is 11.9. The second kappa shape index (κ2) is 12.1. The number of amides is 1. The molecular weight excluding hydrogens is 401 g/mol. The van der Waals surface area contributed by atoms with Gasteiger partial charge in [0.1, 0.15) is 12.0 Å². The van der Waals surface area contributed by atoms with Gasteiger partial charge in [-0.05, 0) is 18.6 Å². The van der Waals surface area contributed by atoms with Crippen molar-refractivity contribution in [2.75, 3.05) is 32.8 Å². The second-order valence-corrected chi connectivity index (χ2v) is 6.69. The van der Waals surface area contributed by atoms with Crippen molar-refractivity contribution in [2.24, 2.45) is 5.73 Å². The summed E-state index contributed by atoms with van der Waals surface area (Å²) in [5.74, 6) is 0.590. The summed E-state index contributed by atoms with van der Waals surface area (Å²) in [7, 11) is 0. The molecule has 8 heteroatoms. The molecule has 2 heterocycles. The van der Waals surface area contributed by atoms with Crippen LogP contribution in [0.3, 0.4) is 0 Å². The summed E-state index contributed by atoms with van der Waals surface area (Å²) in [6.45, 7) is 7.08. The van der Waals surface area contributed by atoms with E-state index in [9.17, 15) is 4.79 Å². The summed E-state index contributed by atoms with van der Waals surface area (Å²) in [5.41, 5.74) is 7.27. The van der Waals surface area contributed by atoms with Crippen molar-refractivity contribution in [1.29, 1.82) is 0 Å². The van der Waals surface area contributed by atoms with Crippen molar-refractivity contribution in [3.63, 3.8) is 0 Å². The van der Waals surface area contributed by atoms with Gasteiger partial charge in [-0.1, -0.05) is 30.3 Å². The normalized spacial score (nSPS) is 15.2. The number of nitrogens with zero attached hydrogens (tertiary/aromatic N) is 2. The first-order valence-corrected chi connectivity index (χ1v) is 9.10. The Bertz CT molecular complexity index is 706. The van der Waals surface area contributed by atoms with E-state index in [1.54, 1.807) is 6.07 Å². The molecule has 1 aromatic carbocycles. The summed E-state index contributed by atoms with van der Waals surface area (Å²) in [6.07, 6.45) is 1.50. The predicted octanol–water partition coefficient (Wildman–Crippen LogP) is 2.95. The van der Waals surface area contributed by atoms with Gasteiger partial charge in [-0.15, -0.1) is 24.8 Å². The largest absolute Gasteiger partial charge is 0.467 e. The monoisotopic (exact) mass is 429 g/mol. The lowest BCUT2D eigenvalue weighted by Gasteiger charge is -2.35. The van der Waals surface area contributed by atoms with Crippen LogP contribution in [0.5, 0.6) is 0 Å². The van der Waals surface area contributed by atoms with Crippen LogP contribution in [-0.4, -0.2) is 54.6 Å². The van der Waals surface area contributed by atoms with E-state index in [0.717, 1.165) is 38.4 Å². The molecule has 1 aliphatic rings. The number of hydrogen-bond acceptors (Lipinski definition) is 5. The summed E-state index contributed by atoms with van der Waals surface area (Å²) < 4.78 is 10.8. The zero-order valence-electron chi connectivity index (χ0n) is 16.1. The fraction of sp³-hybridized carbons (Fsp3) is 0.450. The molecule has 1 unspecified atom stereocenters. The third-order valence-corrected chi connectivity index (χ3v) is 4.72. The standard InChI is InChI=1S/C20H27N3O3.2ClH/c1-16(13-22-7-9-25-10-8-22)23(14-17-5-3-2-4-6-17)20(24)18-11-19(12-21)26-15-18;;/h2-6,11,15-16H,7-10,12-14,21H2,1H3;2*1H. The van der Waals surface area contributed by atoms with Gasteiger partial charge in [0.25, 0.3) is 5.91 Å². The number of morpholine rings is 1. The smallest absolute Gasteiger partial charge is 0.257 e. The molecule has 1 amide bonds. The van der Waals surface area contributed by atoms with E-state index in [0.29, 0.717) is 17.9 Å². The van der Waals surface area contributed by atoms with Crippen molar-refractivity contribution in [2.45, 2.75) is 26.1 Å². The highest BCUT2D eigenvalue weighted by molar-refractivity contribution is 5.94. The van der Waals surface area contributed by atoms with Gasteiger partial charge in [0.15, 0.2) is 0 Å². The predicted molar refractivity (Wildman–Crippen MR) is 114 cm³/mol. The zero-order valence-corrected chi connectivity index (χ0v) is 17.7. The second-order valence-electron chi connectivity index (χ2n) is 6.69. The highest BCUT2D eigenvalue weighted by atomic mass is 35.5. The Morgan fingerprint density at radius 1 is 1.21 bits per heavy atom. The molecule has 3 rings (SSSR count).